The predicted molar refractivity (Wildman–Crippen MR) is 89.0 cm³/mol. The van der Waals surface area contributed by atoms with Crippen molar-refractivity contribution in [2.24, 2.45) is 5.73 Å². The summed E-state index contributed by atoms with van der Waals surface area (Å²) in [5, 5.41) is 7.62. The molecule has 5 heteroatoms. The zero-order chi connectivity index (χ0) is 14.8. The van der Waals surface area contributed by atoms with Crippen LogP contribution in [0.5, 0.6) is 0 Å². The first-order valence-electron chi connectivity index (χ1n) is 7.68. The van der Waals surface area contributed by atoms with Gasteiger partial charge in [-0.1, -0.05) is 30.9 Å². The van der Waals surface area contributed by atoms with Gasteiger partial charge in [0.1, 0.15) is 0 Å². The molecule has 0 spiro atoms. The summed E-state index contributed by atoms with van der Waals surface area (Å²) < 4.78 is 2.14. The highest BCUT2D eigenvalue weighted by Gasteiger charge is 2.18. The third kappa shape index (κ3) is 3.33. The van der Waals surface area contributed by atoms with E-state index < -0.39 is 0 Å². The number of aromatic nitrogens is 2. The summed E-state index contributed by atoms with van der Waals surface area (Å²) in [5.74, 6) is 0. The van der Waals surface area contributed by atoms with Gasteiger partial charge in [0.2, 0.25) is 0 Å². The van der Waals surface area contributed by atoms with Gasteiger partial charge >= 0.3 is 0 Å². The third-order valence-electron chi connectivity index (χ3n) is 4.30. The first-order chi connectivity index (χ1) is 10.1. The molecule has 0 radical (unpaired) electrons. The van der Waals surface area contributed by atoms with Crippen molar-refractivity contribution in [3.8, 4) is 0 Å². The Kier molecular flexibility index (Phi) is 4.67. The van der Waals surface area contributed by atoms with Gasteiger partial charge in [0, 0.05) is 23.5 Å². The van der Waals surface area contributed by atoms with Crippen LogP contribution in [0.2, 0.25) is 5.02 Å². The monoisotopic (exact) mass is 323 g/mol. The van der Waals surface area contributed by atoms with Gasteiger partial charge in [0.05, 0.1) is 16.8 Å². The fraction of sp³-hybridized carbons (Fsp3) is 0.562. The van der Waals surface area contributed by atoms with E-state index in [1.165, 1.54) is 32.1 Å². The molecule has 2 N–H and O–H groups in total. The van der Waals surface area contributed by atoms with Crippen LogP contribution < -0.4 is 5.73 Å². The number of thiophene rings is 1. The van der Waals surface area contributed by atoms with Crippen LogP contribution in [-0.2, 0) is 6.42 Å². The van der Waals surface area contributed by atoms with E-state index in [1.54, 1.807) is 11.3 Å². The second kappa shape index (κ2) is 6.51. The molecule has 114 valence electrons. The lowest BCUT2D eigenvalue weighted by Gasteiger charge is -2.21. The lowest BCUT2D eigenvalue weighted by atomic mass is 9.96. The summed E-state index contributed by atoms with van der Waals surface area (Å²) in [4.78, 5) is 1.07. The number of hydrogen-bond acceptors (Lipinski definition) is 3. The molecule has 1 unspecified atom stereocenters. The molecular formula is C16H22ClN3S. The second-order valence-corrected chi connectivity index (χ2v) is 7.28. The maximum absolute atomic E-state index is 6.31. The average molecular weight is 324 g/mol. The van der Waals surface area contributed by atoms with E-state index in [4.69, 9.17) is 22.4 Å². The van der Waals surface area contributed by atoms with E-state index >= 15 is 0 Å². The number of hydrogen-bond donors (Lipinski definition) is 1. The lowest BCUT2D eigenvalue weighted by Crippen LogP contribution is -2.15. The van der Waals surface area contributed by atoms with Crippen LogP contribution in [0.25, 0.3) is 0 Å². The fourth-order valence-corrected chi connectivity index (χ4v) is 4.39. The van der Waals surface area contributed by atoms with Crippen LogP contribution in [-0.4, -0.2) is 9.78 Å². The summed E-state index contributed by atoms with van der Waals surface area (Å²) in [7, 11) is 0. The quantitative estimate of drug-likeness (QED) is 0.889. The van der Waals surface area contributed by atoms with Crippen molar-refractivity contribution in [3.05, 3.63) is 38.8 Å². The highest BCUT2D eigenvalue weighted by molar-refractivity contribution is 7.10. The van der Waals surface area contributed by atoms with Crippen LogP contribution >= 0.6 is 22.9 Å². The first kappa shape index (κ1) is 15.1. The van der Waals surface area contributed by atoms with Crippen molar-refractivity contribution in [1.29, 1.82) is 0 Å². The molecule has 1 fully saturated rings. The van der Waals surface area contributed by atoms with Gasteiger partial charge < -0.3 is 5.73 Å². The Morgan fingerprint density at radius 2 is 2.19 bits per heavy atom. The van der Waals surface area contributed by atoms with E-state index in [1.807, 2.05) is 6.92 Å². The van der Waals surface area contributed by atoms with Crippen LogP contribution in [0, 0.1) is 6.92 Å². The number of halogens is 1. The number of rotatable bonds is 4. The molecule has 2 aromatic rings. The molecule has 0 amide bonds. The average Bonchev–Trinajstić information content (AvgIpc) is 3.08. The standard InChI is InChI=1S/C16H22ClN3S/c1-11-10-21-16(15(11)17)14(18)9-12-7-8-20(19-12)13-5-3-2-4-6-13/h7-8,10,13-14H,2-6,9,18H2,1H3. The van der Waals surface area contributed by atoms with E-state index in [0.29, 0.717) is 6.04 Å². The summed E-state index contributed by atoms with van der Waals surface area (Å²) >= 11 is 7.95. The summed E-state index contributed by atoms with van der Waals surface area (Å²) in [6.07, 6.45) is 9.38. The first-order valence-corrected chi connectivity index (χ1v) is 8.94. The van der Waals surface area contributed by atoms with Gasteiger partial charge in [-0.2, -0.15) is 5.10 Å². The maximum atomic E-state index is 6.31. The van der Waals surface area contributed by atoms with Gasteiger partial charge in [-0.3, -0.25) is 4.68 Å². The molecule has 0 aromatic carbocycles. The van der Waals surface area contributed by atoms with Gasteiger partial charge in [-0.25, -0.2) is 0 Å². The van der Waals surface area contributed by atoms with E-state index in [0.717, 1.165) is 27.6 Å². The fourth-order valence-electron chi connectivity index (χ4n) is 3.05. The molecule has 1 atom stereocenters. The minimum atomic E-state index is -0.0640. The molecule has 3 rings (SSSR count). The predicted octanol–water partition coefficient (Wildman–Crippen LogP) is 4.65. The van der Waals surface area contributed by atoms with Crippen molar-refractivity contribution in [3.63, 3.8) is 0 Å². The van der Waals surface area contributed by atoms with Crippen molar-refractivity contribution in [2.75, 3.05) is 0 Å². The van der Waals surface area contributed by atoms with Crippen molar-refractivity contribution < 1.29 is 0 Å². The number of aryl methyl sites for hydroxylation is 1. The molecule has 2 heterocycles. The third-order valence-corrected chi connectivity index (χ3v) is 6.15. The molecule has 2 aromatic heterocycles. The molecule has 0 bridgehead atoms. The van der Waals surface area contributed by atoms with Crippen molar-refractivity contribution in [1.82, 2.24) is 9.78 Å². The largest absolute Gasteiger partial charge is 0.323 e. The Morgan fingerprint density at radius 3 is 2.86 bits per heavy atom. The SMILES string of the molecule is Cc1csc(C(N)Cc2ccn(C3CCCCC3)n2)c1Cl. The smallest absolute Gasteiger partial charge is 0.0643 e. The van der Waals surface area contributed by atoms with Crippen LogP contribution in [0.4, 0.5) is 0 Å². The van der Waals surface area contributed by atoms with Gasteiger partial charge in [0.25, 0.3) is 0 Å². The van der Waals surface area contributed by atoms with E-state index in [9.17, 15) is 0 Å². The Labute approximate surface area is 135 Å². The summed E-state index contributed by atoms with van der Waals surface area (Å²) in [5.41, 5.74) is 8.48. The molecule has 1 saturated carbocycles. The van der Waals surface area contributed by atoms with Crippen LogP contribution in [0.1, 0.15) is 60.3 Å². The highest BCUT2D eigenvalue weighted by atomic mass is 35.5. The van der Waals surface area contributed by atoms with Gasteiger partial charge in [0.15, 0.2) is 0 Å². The molecular weight excluding hydrogens is 302 g/mol. The molecule has 1 aliphatic carbocycles. The Hall–Kier alpha value is -0.840. The Morgan fingerprint density at radius 1 is 1.43 bits per heavy atom. The molecule has 3 nitrogen and oxygen atoms in total. The topological polar surface area (TPSA) is 43.8 Å². The number of nitrogens with two attached hydrogens (primary N) is 1. The minimum absolute atomic E-state index is 0.0640. The van der Waals surface area contributed by atoms with Gasteiger partial charge in [-0.05, 0) is 36.8 Å². The summed E-state index contributed by atoms with van der Waals surface area (Å²) in [6.45, 7) is 2.02. The zero-order valence-electron chi connectivity index (χ0n) is 12.4. The molecule has 21 heavy (non-hydrogen) atoms. The Bertz CT molecular complexity index is 598. The van der Waals surface area contributed by atoms with Crippen molar-refractivity contribution in [2.45, 2.75) is 57.5 Å². The van der Waals surface area contributed by atoms with Crippen LogP contribution in [0.15, 0.2) is 17.6 Å². The highest BCUT2D eigenvalue weighted by Crippen LogP contribution is 2.33. The summed E-state index contributed by atoms with van der Waals surface area (Å²) in [6, 6.07) is 2.62. The van der Waals surface area contributed by atoms with E-state index in [-0.39, 0.29) is 6.04 Å². The zero-order valence-corrected chi connectivity index (χ0v) is 14.0. The minimum Gasteiger partial charge on any atom is -0.323 e. The lowest BCUT2D eigenvalue weighted by molar-refractivity contribution is 0.328. The maximum Gasteiger partial charge on any atom is 0.0643 e. The van der Waals surface area contributed by atoms with Gasteiger partial charge in [-0.15, -0.1) is 11.3 Å². The van der Waals surface area contributed by atoms with Crippen LogP contribution in [0.3, 0.4) is 0 Å². The molecule has 0 aliphatic heterocycles. The molecule has 0 saturated heterocycles. The molecule has 1 aliphatic rings. The normalized spacial score (nSPS) is 18.0. The number of nitrogens with zero attached hydrogens (tertiary/aromatic N) is 2. The van der Waals surface area contributed by atoms with Crippen molar-refractivity contribution >= 4 is 22.9 Å². The second-order valence-electron chi connectivity index (χ2n) is 5.99. The van der Waals surface area contributed by atoms with E-state index in [2.05, 4.69) is 22.3 Å². The Balaban J connectivity index is 1.67.